The molecule has 0 saturated carbocycles. The Labute approximate surface area is 181 Å². The molecule has 0 unspecified atom stereocenters. The van der Waals surface area contributed by atoms with E-state index >= 15 is 0 Å². The second kappa shape index (κ2) is 10.2. The molecule has 0 aliphatic heterocycles. The van der Waals surface area contributed by atoms with Crippen LogP contribution in [0.5, 0.6) is 5.75 Å². The van der Waals surface area contributed by atoms with Crippen molar-refractivity contribution in [3.8, 4) is 5.75 Å². The molecule has 30 heavy (non-hydrogen) atoms. The number of thiocarbonyl (C=S) groups is 1. The molecular weight excluding hydrogens is 422 g/mol. The maximum Gasteiger partial charge on any atom is 0.241 e. The van der Waals surface area contributed by atoms with Gasteiger partial charge < -0.3 is 19.8 Å². The van der Waals surface area contributed by atoms with Crippen molar-refractivity contribution >= 4 is 33.0 Å². The average Bonchev–Trinajstić information content (AvgIpc) is 3.27. The Morgan fingerprint density at radius 1 is 1.10 bits per heavy atom. The molecule has 1 aromatic heterocycles. The number of methoxy groups -OCH3 is 1. The van der Waals surface area contributed by atoms with Crippen molar-refractivity contribution in [2.45, 2.75) is 17.9 Å². The summed E-state index contributed by atoms with van der Waals surface area (Å²) in [5.41, 5.74) is 1.74. The number of ether oxygens (including phenoxy) is 1. The van der Waals surface area contributed by atoms with Crippen LogP contribution in [0.2, 0.25) is 0 Å². The molecule has 0 radical (unpaired) electrons. The maximum absolute atomic E-state index is 12.5. The van der Waals surface area contributed by atoms with Crippen molar-refractivity contribution < 1.29 is 17.6 Å². The fourth-order valence-electron chi connectivity index (χ4n) is 2.69. The quantitative estimate of drug-likeness (QED) is 0.435. The number of benzene rings is 2. The van der Waals surface area contributed by atoms with E-state index in [2.05, 4.69) is 15.4 Å². The Hall–Kier alpha value is -2.88. The number of sulfonamides is 1. The van der Waals surface area contributed by atoms with Crippen LogP contribution in [-0.4, -0.2) is 27.2 Å². The number of furan rings is 1. The first-order valence-electron chi connectivity index (χ1n) is 9.26. The first-order chi connectivity index (χ1) is 14.5. The summed E-state index contributed by atoms with van der Waals surface area (Å²) in [5, 5.41) is 6.56. The molecule has 9 heteroatoms. The first-order valence-corrected chi connectivity index (χ1v) is 11.2. The molecule has 0 aliphatic rings. The largest absolute Gasteiger partial charge is 0.497 e. The molecule has 3 N–H and O–H groups in total. The molecule has 7 nitrogen and oxygen atoms in total. The predicted molar refractivity (Wildman–Crippen MR) is 120 cm³/mol. The normalized spacial score (nSPS) is 11.1. The van der Waals surface area contributed by atoms with Crippen LogP contribution < -0.4 is 20.1 Å². The highest BCUT2D eigenvalue weighted by Gasteiger charge is 2.15. The van der Waals surface area contributed by atoms with Crippen LogP contribution in [0.3, 0.4) is 0 Å². The van der Waals surface area contributed by atoms with E-state index in [4.69, 9.17) is 21.4 Å². The van der Waals surface area contributed by atoms with Gasteiger partial charge in [-0.15, -0.1) is 0 Å². The summed E-state index contributed by atoms with van der Waals surface area (Å²) in [6.07, 6.45) is 2.29. The van der Waals surface area contributed by atoms with Crippen LogP contribution in [0.25, 0.3) is 0 Å². The van der Waals surface area contributed by atoms with Crippen molar-refractivity contribution in [3.63, 3.8) is 0 Å². The van der Waals surface area contributed by atoms with Gasteiger partial charge in [0.05, 0.1) is 24.8 Å². The summed E-state index contributed by atoms with van der Waals surface area (Å²) in [4.78, 5) is 0.139. The summed E-state index contributed by atoms with van der Waals surface area (Å²) in [5.74, 6) is 1.35. The zero-order valence-corrected chi connectivity index (χ0v) is 18.1. The summed E-state index contributed by atoms with van der Waals surface area (Å²) in [6, 6.07) is 17.7. The Kier molecular flexibility index (Phi) is 7.45. The number of nitrogens with one attached hydrogen (secondary N) is 3. The minimum atomic E-state index is -3.68. The summed E-state index contributed by atoms with van der Waals surface area (Å²) >= 11 is 5.31. The number of hydrogen-bond acceptors (Lipinski definition) is 5. The van der Waals surface area contributed by atoms with Crippen LogP contribution in [0.1, 0.15) is 11.3 Å². The van der Waals surface area contributed by atoms with E-state index < -0.39 is 10.0 Å². The van der Waals surface area contributed by atoms with E-state index in [-0.39, 0.29) is 11.4 Å². The first kappa shape index (κ1) is 21.8. The highest BCUT2D eigenvalue weighted by Crippen LogP contribution is 2.16. The van der Waals surface area contributed by atoms with E-state index in [0.29, 0.717) is 23.1 Å². The lowest BCUT2D eigenvalue weighted by Crippen LogP contribution is -2.30. The fraction of sp³-hybridized carbons (Fsp3) is 0.190. The lowest BCUT2D eigenvalue weighted by molar-refractivity contribution is 0.414. The summed E-state index contributed by atoms with van der Waals surface area (Å²) < 4.78 is 37.8. The van der Waals surface area contributed by atoms with Crippen LogP contribution >= 0.6 is 12.2 Å². The van der Waals surface area contributed by atoms with E-state index in [9.17, 15) is 8.42 Å². The molecule has 1 heterocycles. The Bertz CT molecular complexity index is 1070. The predicted octanol–water partition coefficient (Wildman–Crippen LogP) is 3.30. The molecule has 3 aromatic rings. The van der Waals surface area contributed by atoms with Crippen molar-refractivity contribution in [3.05, 3.63) is 78.3 Å². The topological polar surface area (TPSA) is 92.6 Å². The third kappa shape index (κ3) is 6.31. The lowest BCUT2D eigenvalue weighted by Gasteiger charge is -2.12. The summed E-state index contributed by atoms with van der Waals surface area (Å²) in [7, 11) is -2.04. The SMILES string of the molecule is COc1ccc(CCNC(=S)Nc2cccc(S(=O)(=O)NCc3ccco3)c2)cc1. The Balaban J connectivity index is 1.51. The number of rotatable bonds is 9. The van der Waals surface area contributed by atoms with Gasteiger partial charge in [-0.25, -0.2) is 13.1 Å². The fourth-order valence-corrected chi connectivity index (χ4v) is 3.95. The molecule has 0 atom stereocenters. The second-order valence-electron chi connectivity index (χ2n) is 6.41. The molecule has 0 aliphatic carbocycles. The van der Waals surface area contributed by atoms with Gasteiger partial charge in [0, 0.05) is 12.2 Å². The Morgan fingerprint density at radius 3 is 2.60 bits per heavy atom. The second-order valence-corrected chi connectivity index (χ2v) is 8.59. The van der Waals surface area contributed by atoms with Gasteiger partial charge >= 0.3 is 0 Å². The summed E-state index contributed by atoms with van der Waals surface area (Å²) in [6.45, 7) is 0.721. The van der Waals surface area contributed by atoms with Gasteiger partial charge in [-0.05, 0) is 66.7 Å². The van der Waals surface area contributed by atoms with Gasteiger partial charge in [-0.2, -0.15) is 0 Å². The van der Waals surface area contributed by atoms with Crippen LogP contribution in [0, 0.1) is 0 Å². The molecule has 0 spiro atoms. The molecule has 3 rings (SSSR count). The highest BCUT2D eigenvalue weighted by atomic mass is 32.2. The smallest absolute Gasteiger partial charge is 0.241 e. The van der Waals surface area contributed by atoms with E-state index in [0.717, 1.165) is 17.7 Å². The van der Waals surface area contributed by atoms with Gasteiger partial charge in [0.15, 0.2) is 5.11 Å². The van der Waals surface area contributed by atoms with Crippen molar-refractivity contribution in [1.82, 2.24) is 10.0 Å². The monoisotopic (exact) mass is 445 g/mol. The van der Waals surface area contributed by atoms with Crippen molar-refractivity contribution in [2.75, 3.05) is 19.0 Å². The minimum Gasteiger partial charge on any atom is -0.497 e. The molecule has 0 bridgehead atoms. The van der Waals surface area contributed by atoms with Crippen LogP contribution in [0.4, 0.5) is 5.69 Å². The standard InChI is InChI=1S/C21H23N3O4S2/c1-27-18-9-7-16(8-10-18)11-12-22-21(29)24-17-4-2-6-20(14-17)30(25,26)23-15-19-5-3-13-28-19/h2-10,13-14,23H,11-12,15H2,1H3,(H2,22,24,29). The molecule has 158 valence electrons. The average molecular weight is 446 g/mol. The maximum atomic E-state index is 12.5. The van der Waals surface area contributed by atoms with E-state index in [1.165, 1.54) is 18.4 Å². The number of anilines is 1. The van der Waals surface area contributed by atoms with Crippen molar-refractivity contribution in [2.24, 2.45) is 0 Å². The molecule has 2 aromatic carbocycles. The minimum absolute atomic E-state index is 0.0817. The van der Waals surface area contributed by atoms with Crippen LogP contribution in [-0.2, 0) is 23.0 Å². The van der Waals surface area contributed by atoms with E-state index in [1.807, 2.05) is 24.3 Å². The molecular formula is C21H23N3O4S2. The Morgan fingerprint density at radius 2 is 1.90 bits per heavy atom. The van der Waals surface area contributed by atoms with Gasteiger partial charge in [0.1, 0.15) is 11.5 Å². The van der Waals surface area contributed by atoms with Gasteiger partial charge in [-0.3, -0.25) is 0 Å². The third-order valence-electron chi connectivity index (χ3n) is 4.28. The van der Waals surface area contributed by atoms with Crippen molar-refractivity contribution in [1.29, 1.82) is 0 Å². The van der Waals surface area contributed by atoms with Gasteiger partial charge in [0.25, 0.3) is 0 Å². The highest BCUT2D eigenvalue weighted by molar-refractivity contribution is 7.89. The number of hydrogen-bond donors (Lipinski definition) is 3. The molecule has 0 fully saturated rings. The van der Waals surface area contributed by atoms with E-state index in [1.54, 1.807) is 31.4 Å². The third-order valence-corrected chi connectivity index (χ3v) is 5.92. The van der Waals surface area contributed by atoms with Crippen LogP contribution in [0.15, 0.2) is 76.2 Å². The van der Waals surface area contributed by atoms with Gasteiger partial charge in [-0.1, -0.05) is 18.2 Å². The lowest BCUT2D eigenvalue weighted by atomic mass is 10.1. The van der Waals surface area contributed by atoms with Gasteiger partial charge in [0.2, 0.25) is 10.0 Å². The molecule has 0 amide bonds. The zero-order chi connectivity index (χ0) is 21.4. The zero-order valence-electron chi connectivity index (χ0n) is 16.4. The molecule has 0 saturated heterocycles.